The molecule has 0 aliphatic carbocycles. The molecule has 1 aliphatic heterocycles. The second-order valence-corrected chi connectivity index (χ2v) is 5.39. The first-order chi connectivity index (χ1) is 9.13. The van der Waals surface area contributed by atoms with Crippen molar-refractivity contribution in [2.45, 2.75) is 52.2 Å². The van der Waals surface area contributed by atoms with Crippen LogP contribution in [0.2, 0.25) is 0 Å². The van der Waals surface area contributed by atoms with Gasteiger partial charge in [0, 0.05) is 44.1 Å². The van der Waals surface area contributed by atoms with Crippen molar-refractivity contribution in [2.75, 3.05) is 18.0 Å². The molecule has 1 aromatic rings. The Labute approximate surface area is 114 Å². The average molecular weight is 264 g/mol. The van der Waals surface area contributed by atoms with Crippen LogP contribution in [0.25, 0.3) is 0 Å². The van der Waals surface area contributed by atoms with E-state index in [-0.39, 0.29) is 5.56 Å². The molecule has 0 amide bonds. The average Bonchev–Trinajstić information content (AvgIpc) is 2.85. The normalized spacial score (nSPS) is 19.4. The summed E-state index contributed by atoms with van der Waals surface area (Å²) in [5, 5.41) is 3.46. The second kappa shape index (κ2) is 6.19. The molecule has 2 rings (SSSR count). The van der Waals surface area contributed by atoms with E-state index in [2.05, 4.69) is 29.0 Å². The van der Waals surface area contributed by atoms with E-state index < -0.39 is 0 Å². The standard InChI is InChI=1S/C14H24N4O/c1-4-17-9-7-15-13(14(17)19)18-8-5-6-12(18)10-16-11(2)3/h7,9,11-12,16H,4-6,8,10H2,1-3H3. The van der Waals surface area contributed by atoms with E-state index in [1.165, 1.54) is 0 Å². The maximum atomic E-state index is 12.3. The minimum atomic E-state index is 0.0291. The number of nitrogens with one attached hydrogen (secondary N) is 1. The van der Waals surface area contributed by atoms with E-state index in [1.54, 1.807) is 17.0 Å². The third kappa shape index (κ3) is 3.15. The molecular formula is C14H24N4O. The van der Waals surface area contributed by atoms with Gasteiger partial charge in [-0.05, 0) is 19.8 Å². The molecular weight excluding hydrogens is 240 g/mol. The SMILES string of the molecule is CCn1ccnc(N2CCCC2CNC(C)C)c1=O. The van der Waals surface area contributed by atoms with Crippen LogP contribution < -0.4 is 15.8 Å². The van der Waals surface area contributed by atoms with Gasteiger partial charge in [0.05, 0.1) is 0 Å². The Bertz CT molecular complexity index is 469. The van der Waals surface area contributed by atoms with Gasteiger partial charge in [-0.25, -0.2) is 4.98 Å². The number of rotatable bonds is 5. The molecule has 106 valence electrons. The highest BCUT2D eigenvalue weighted by Gasteiger charge is 2.27. The zero-order valence-electron chi connectivity index (χ0n) is 12.1. The van der Waals surface area contributed by atoms with E-state index in [1.807, 2.05) is 6.92 Å². The van der Waals surface area contributed by atoms with Crippen molar-refractivity contribution in [1.29, 1.82) is 0 Å². The Morgan fingerprint density at radius 3 is 3.00 bits per heavy atom. The second-order valence-electron chi connectivity index (χ2n) is 5.39. The number of aromatic nitrogens is 2. The molecule has 19 heavy (non-hydrogen) atoms. The topological polar surface area (TPSA) is 50.2 Å². The molecule has 1 N–H and O–H groups in total. The highest BCUT2D eigenvalue weighted by molar-refractivity contribution is 5.38. The first kappa shape index (κ1) is 14.1. The van der Waals surface area contributed by atoms with E-state index >= 15 is 0 Å². The molecule has 1 unspecified atom stereocenters. The van der Waals surface area contributed by atoms with Gasteiger partial charge in [-0.1, -0.05) is 13.8 Å². The van der Waals surface area contributed by atoms with Crippen molar-refractivity contribution < 1.29 is 0 Å². The van der Waals surface area contributed by atoms with E-state index in [0.717, 1.165) is 25.9 Å². The van der Waals surface area contributed by atoms with Crippen molar-refractivity contribution in [2.24, 2.45) is 0 Å². The third-order valence-electron chi connectivity index (χ3n) is 3.65. The summed E-state index contributed by atoms with van der Waals surface area (Å²) in [4.78, 5) is 18.8. The smallest absolute Gasteiger partial charge is 0.293 e. The molecule has 0 aromatic carbocycles. The summed E-state index contributed by atoms with van der Waals surface area (Å²) in [5.41, 5.74) is 0.0291. The van der Waals surface area contributed by atoms with Crippen LogP contribution in [-0.2, 0) is 6.54 Å². The summed E-state index contributed by atoms with van der Waals surface area (Å²) >= 11 is 0. The Balaban J connectivity index is 2.18. The van der Waals surface area contributed by atoms with Crippen LogP contribution in [0.5, 0.6) is 0 Å². The zero-order chi connectivity index (χ0) is 13.8. The lowest BCUT2D eigenvalue weighted by Crippen LogP contribution is -2.43. The van der Waals surface area contributed by atoms with Gasteiger partial charge in [0.1, 0.15) is 0 Å². The molecule has 5 heteroatoms. The molecule has 1 saturated heterocycles. The maximum Gasteiger partial charge on any atom is 0.293 e. The molecule has 0 bridgehead atoms. The fourth-order valence-electron chi connectivity index (χ4n) is 2.58. The third-order valence-corrected chi connectivity index (χ3v) is 3.65. The summed E-state index contributed by atoms with van der Waals surface area (Å²) in [6.07, 6.45) is 5.74. The summed E-state index contributed by atoms with van der Waals surface area (Å²) in [7, 11) is 0. The van der Waals surface area contributed by atoms with Gasteiger partial charge in [-0.3, -0.25) is 4.79 Å². The van der Waals surface area contributed by atoms with Crippen molar-refractivity contribution in [1.82, 2.24) is 14.9 Å². The Hall–Kier alpha value is -1.36. The van der Waals surface area contributed by atoms with Gasteiger partial charge in [0.25, 0.3) is 5.56 Å². The van der Waals surface area contributed by atoms with Crippen molar-refractivity contribution in [3.8, 4) is 0 Å². The predicted molar refractivity (Wildman–Crippen MR) is 77.7 cm³/mol. The van der Waals surface area contributed by atoms with Crippen LogP contribution in [0, 0.1) is 0 Å². The van der Waals surface area contributed by atoms with Gasteiger partial charge in [-0.15, -0.1) is 0 Å². The Morgan fingerprint density at radius 2 is 2.32 bits per heavy atom. The first-order valence-electron chi connectivity index (χ1n) is 7.19. The molecule has 1 fully saturated rings. The lowest BCUT2D eigenvalue weighted by Gasteiger charge is -2.26. The van der Waals surface area contributed by atoms with Crippen LogP contribution >= 0.6 is 0 Å². The largest absolute Gasteiger partial charge is 0.348 e. The van der Waals surface area contributed by atoms with E-state index in [4.69, 9.17) is 0 Å². The number of hydrogen-bond acceptors (Lipinski definition) is 4. The highest BCUT2D eigenvalue weighted by atomic mass is 16.1. The first-order valence-corrected chi connectivity index (χ1v) is 7.19. The van der Waals surface area contributed by atoms with Crippen LogP contribution in [0.4, 0.5) is 5.82 Å². The summed E-state index contributed by atoms with van der Waals surface area (Å²) in [6.45, 7) is 8.80. The number of anilines is 1. The van der Waals surface area contributed by atoms with E-state index in [0.29, 0.717) is 24.4 Å². The van der Waals surface area contributed by atoms with Crippen LogP contribution in [0.1, 0.15) is 33.6 Å². The van der Waals surface area contributed by atoms with Crippen LogP contribution in [0.15, 0.2) is 17.2 Å². The van der Waals surface area contributed by atoms with Gasteiger partial charge >= 0.3 is 0 Å². The van der Waals surface area contributed by atoms with Gasteiger partial charge < -0.3 is 14.8 Å². The number of hydrogen-bond donors (Lipinski definition) is 1. The number of aryl methyl sites for hydroxylation is 1. The molecule has 5 nitrogen and oxygen atoms in total. The molecule has 1 aliphatic rings. The predicted octanol–water partition coefficient (Wildman–Crippen LogP) is 1.23. The Kier molecular flexibility index (Phi) is 4.58. The molecule has 2 heterocycles. The zero-order valence-corrected chi connectivity index (χ0v) is 12.1. The molecule has 1 aromatic heterocycles. The Morgan fingerprint density at radius 1 is 1.53 bits per heavy atom. The lowest BCUT2D eigenvalue weighted by molar-refractivity contribution is 0.520. The monoisotopic (exact) mass is 264 g/mol. The van der Waals surface area contributed by atoms with Crippen molar-refractivity contribution >= 4 is 5.82 Å². The summed E-state index contributed by atoms with van der Waals surface area (Å²) in [6, 6.07) is 0.855. The molecule has 1 atom stereocenters. The maximum absolute atomic E-state index is 12.3. The van der Waals surface area contributed by atoms with Crippen LogP contribution in [0.3, 0.4) is 0 Å². The quantitative estimate of drug-likeness (QED) is 0.869. The van der Waals surface area contributed by atoms with E-state index in [9.17, 15) is 4.79 Å². The fourth-order valence-corrected chi connectivity index (χ4v) is 2.58. The fraction of sp³-hybridized carbons (Fsp3) is 0.714. The molecule has 0 radical (unpaired) electrons. The van der Waals surface area contributed by atoms with Crippen molar-refractivity contribution in [3.05, 3.63) is 22.7 Å². The lowest BCUT2D eigenvalue weighted by atomic mass is 10.2. The molecule has 0 spiro atoms. The van der Waals surface area contributed by atoms with Crippen molar-refractivity contribution in [3.63, 3.8) is 0 Å². The van der Waals surface area contributed by atoms with Gasteiger partial charge in [0.15, 0.2) is 5.82 Å². The number of nitrogens with zero attached hydrogens (tertiary/aromatic N) is 3. The molecule has 0 saturated carbocycles. The van der Waals surface area contributed by atoms with Gasteiger partial charge in [0.2, 0.25) is 0 Å². The minimum absolute atomic E-state index is 0.0291. The van der Waals surface area contributed by atoms with Crippen LogP contribution in [-0.4, -0.2) is 34.7 Å². The minimum Gasteiger partial charge on any atom is -0.348 e. The summed E-state index contributed by atoms with van der Waals surface area (Å²) in [5.74, 6) is 0.609. The highest BCUT2D eigenvalue weighted by Crippen LogP contribution is 2.20. The summed E-state index contributed by atoms with van der Waals surface area (Å²) < 4.78 is 1.72. The van der Waals surface area contributed by atoms with Gasteiger partial charge in [-0.2, -0.15) is 0 Å².